The number of piperazine rings is 1. The van der Waals surface area contributed by atoms with Gasteiger partial charge in [-0.25, -0.2) is 4.98 Å². The highest BCUT2D eigenvalue weighted by Crippen LogP contribution is 2.23. The first-order chi connectivity index (χ1) is 11.8. The van der Waals surface area contributed by atoms with Crippen molar-refractivity contribution in [3.8, 4) is 0 Å². The molecule has 0 aliphatic carbocycles. The van der Waals surface area contributed by atoms with Gasteiger partial charge in [-0.3, -0.25) is 9.69 Å². The first-order valence-electron chi connectivity index (χ1n) is 8.86. The van der Waals surface area contributed by atoms with Crippen LogP contribution in [-0.4, -0.2) is 60.0 Å². The van der Waals surface area contributed by atoms with Crippen LogP contribution in [-0.2, 0) is 11.3 Å². The number of piperidine rings is 1. The summed E-state index contributed by atoms with van der Waals surface area (Å²) in [5, 5.41) is 4.51. The van der Waals surface area contributed by atoms with Crippen molar-refractivity contribution in [2.24, 2.45) is 5.92 Å². The van der Waals surface area contributed by atoms with E-state index in [1.54, 1.807) is 11.3 Å². The molecule has 5 nitrogen and oxygen atoms in total. The molecular formula is C18H25ClN4OS. The lowest BCUT2D eigenvalue weighted by Crippen LogP contribution is -2.51. The summed E-state index contributed by atoms with van der Waals surface area (Å²) in [6.45, 7) is 6.47. The van der Waals surface area contributed by atoms with E-state index in [0.717, 1.165) is 64.2 Å². The molecule has 3 heterocycles. The SMILES string of the molecule is Cl.O=C(C1CCNCC1)N1CCN(Cc2nc3ccccc3s2)CC1. The summed E-state index contributed by atoms with van der Waals surface area (Å²) in [6, 6.07) is 8.31. The topological polar surface area (TPSA) is 48.5 Å². The first kappa shape index (κ1) is 18.6. The zero-order chi connectivity index (χ0) is 16.4. The lowest BCUT2D eigenvalue weighted by Gasteiger charge is -2.36. The average Bonchev–Trinajstić information content (AvgIpc) is 3.05. The molecule has 0 atom stereocenters. The number of benzene rings is 1. The van der Waals surface area contributed by atoms with Crippen molar-refractivity contribution >= 4 is 39.9 Å². The number of thiazole rings is 1. The van der Waals surface area contributed by atoms with E-state index in [-0.39, 0.29) is 18.3 Å². The van der Waals surface area contributed by atoms with Gasteiger partial charge in [0.15, 0.2) is 0 Å². The number of carbonyl (C=O) groups is 1. The van der Waals surface area contributed by atoms with Crippen LogP contribution in [0.25, 0.3) is 10.2 Å². The van der Waals surface area contributed by atoms with Crippen LogP contribution in [0.5, 0.6) is 0 Å². The van der Waals surface area contributed by atoms with Crippen LogP contribution in [0.1, 0.15) is 17.8 Å². The number of hydrogen-bond donors (Lipinski definition) is 1. The largest absolute Gasteiger partial charge is 0.340 e. The number of amides is 1. The maximum absolute atomic E-state index is 12.6. The monoisotopic (exact) mass is 380 g/mol. The van der Waals surface area contributed by atoms with E-state index in [2.05, 4.69) is 33.3 Å². The van der Waals surface area contributed by atoms with Crippen LogP contribution in [0.3, 0.4) is 0 Å². The molecule has 1 N–H and O–H groups in total. The molecule has 136 valence electrons. The summed E-state index contributed by atoms with van der Waals surface area (Å²) in [4.78, 5) is 21.8. The van der Waals surface area contributed by atoms with Crippen molar-refractivity contribution in [1.29, 1.82) is 0 Å². The van der Waals surface area contributed by atoms with Crippen molar-refractivity contribution < 1.29 is 4.79 Å². The van der Waals surface area contributed by atoms with Gasteiger partial charge in [0.2, 0.25) is 5.91 Å². The highest BCUT2D eigenvalue weighted by molar-refractivity contribution is 7.18. The van der Waals surface area contributed by atoms with Gasteiger partial charge < -0.3 is 10.2 Å². The molecule has 1 aromatic carbocycles. The minimum Gasteiger partial charge on any atom is -0.340 e. The van der Waals surface area contributed by atoms with Crippen molar-refractivity contribution in [3.63, 3.8) is 0 Å². The van der Waals surface area contributed by atoms with Gasteiger partial charge in [0, 0.05) is 32.1 Å². The lowest BCUT2D eigenvalue weighted by molar-refractivity contribution is -0.138. The second-order valence-electron chi connectivity index (χ2n) is 6.70. The third-order valence-corrected chi connectivity index (χ3v) is 6.09. The molecule has 7 heteroatoms. The van der Waals surface area contributed by atoms with E-state index in [4.69, 9.17) is 4.98 Å². The fourth-order valence-electron chi connectivity index (χ4n) is 3.63. The Morgan fingerprint density at radius 3 is 2.60 bits per heavy atom. The molecule has 1 aromatic heterocycles. The predicted octanol–water partition coefficient (Wildman–Crippen LogP) is 2.36. The Hall–Kier alpha value is -1.21. The Kier molecular flexibility index (Phi) is 6.28. The lowest BCUT2D eigenvalue weighted by atomic mass is 9.96. The molecule has 1 amide bonds. The van der Waals surface area contributed by atoms with Crippen molar-refractivity contribution in [2.45, 2.75) is 19.4 Å². The smallest absolute Gasteiger partial charge is 0.225 e. The first-order valence-corrected chi connectivity index (χ1v) is 9.67. The molecule has 25 heavy (non-hydrogen) atoms. The van der Waals surface area contributed by atoms with E-state index >= 15 is 0 Å². The maximum atomic E-state index is 12.6. The molecule has 4 rings (SSSR count). The Morgan fingerprint density at radius 1 is 1.16 bits per heavy atom. The molecule has 0 radical (unpaired) electrons. The minimum atomic E-state index is 0. The minimum absolute atomic E-state index is 0. The van der Waals surface area contributed by atoms with Gasteiger partial charge in [-0.05, 0) is 38.1 Å². The summed E-state index contributed by atoms with van der Waals surface area (Å²) >= 11 is 1.78. The molecule has 2 aliphatic rings. The number of aromatic nitrogens is 1. The average molecular weight is 381 g/mol. The molecule has 0 bridgehead atoms. The summed E-state index contributed by atoms with van der Waals surface area (Å²) in [7, 11) is 0. The summed E-state index contributed by atoms with van der Waals surface area (Å²) in [6.07, 6.45) is 1.98. The van der Waals surface area contributed by atoms with Gasteiger partial charge in [-0.15, -0.1) is 23.7 Å². The van der Waals surface area contributed by atoms with Crippen LogP contribution >= 0.6 is 23.7 Å². The normalized spacial score (nSPS) is 19.8. The molecule has 2 aromatic rings. The fourth-order valence-corrected chi connectivity index (χ4v) is 4.64. The summed E-state index contributed by atoms with van der Waals surface area (Å²) in [5.41, 5.74) is 1.09. The fraction of sp³-hybridized carbons (Fsp3) is 0.556. The molecule has 2 fully saturated rings. The van der Waals surface area contributed by atoms with E-state index in [1.807, 2.05) is 6.07 Å². The van der Waals surface area contributed by atoms with Gasteiger partial charge in [-0.2, -0.15) is 0 Å². The van der Waals surface area contributed by atoms with Gasteiger partial charge in [0.1, 0.15) is 5.01 Å². The van der Waals surface area contributed by atoms with Crippen molar-refractivity contribution in [1.82, 2.24) is 20.1 Å². The van der Waals surface area contributed by atoms with Crippen molar-refractivity contribution in [2.75, 3.05) is 39.3 Å². The number of para-hydroxylation sites is 1. The molecule has 2 saturated heterocycles. The van der Waals surface area contributed by atoms with Crippen molar-refractivity contribution in [3.05, 3.63) is 29.3 Å². The van der Waals surface area contributed by atoms with Crippen LogP contribution in [0.4, 0.5) is 0 Å². The third-order valence-electron chi connectivity index (χ3n) is 5.07. The maximum Gasteiger partial charge on any atom is 0.225 e. The number of carbonyl (C=O) groups excluding carboxylic acids is 1. The Bertz CT molecular complexity index is 675. The summed E-state index contributed by atoms with van der Waals surface area (Å²) in [5.74, 6) is 0.609. The number of nitrogens with one attached hydrogen (secondary N) is 1. The molecule has 2 aliphatic heterocycles. The van der Waals surface area contributed by atoms with Crippen LogP contribution in [0, 0.1) is 5.92 Å². The number of fused-ring (bicyclic) bond motifs is 1. The predicted molar refractivity (Wildman–Crippen MR) is 104 cm³/mol. The van der Waals surface area contributed by atoms with E-state index in [0.29, 0.717) is 5.91 Å². The molecule has 0 saturated carbocycles. The molecular weight excluding hydrogens is 356 g/mol. The highest BCUT2D eigenvalue weighted by Gasteiger charge is 2.28. The highest BCUT2D eigenvalue weighted by atomic mass is 35.5. The summed E-state index contributed by atoms with van der Waals surface area (Å²) < 4.78 is 1.26. The zero-order valence-corrected chi connectivity index (χ0v) is 16.0. The number of halogens is 1. The Morgan fingerprint density at radius 2 is 1.88 bits per heavy atom. The number of nitrogens with zero attached hydrogens (tertiary/aromatic N) is 3. The standard InChI is InChI=1S/C18H24N4OS.ClH/c23-18(14-5-7-19-8-6-14)22-11-9-21(10-12-22)13-17-20-15-3-1-2-4-16(15)24-17;/h1-4,14,19H,5-13H2;1H. The van der Waals surface area contributed by atoms with Crippen LogP contribution in [0.2, 0.25) is 0 Å². The number of hydrogen-bond acceptors (Lipinski definition) is 5. The van der Waals surface area contributed by atoms with E-state index in [9.17, 15) is 4.79 Å². The quantitative estimate of drug-likeness (QED) is 0.888. The number of rotatable bonds is 3. The van der Waals surface area contributed by atoms with Crippen LogP contribution in [0.15, 0.2) is 24.3 Å². The Balaban J connectivity index is 0.00000182. The molecule has 0 spiro atoms. The van der Waals surface area contributed by atoms with Gasteiger partial charge in [0.05, 0.1) is 16.8 Å². The second kappa shape index (κ2) is 8.45. The molecule has 0 unspecified atom stereocenters. The van der Waals surface area contributed by atoms with Gasteiger partial charge in [-0.1, -0.05) is 12.1 Å². The third kappa shape index (κ3) is 4.31. The Labute approximate surface area is 158 Å². The van der Waals surface area contributed by atoms with E-state index < -0.39 is 0 Å². The second-order valence-corrected chi connectivity index (χ2v) is 7.82. The van der Waals surface area contributed by atoms with E-state index in [1.165, 1.54) is 9.71 Å². The van der Waals surface area contributed by atoms with Gasteiger partial charge >= 0.3 is 0 Å². The van der Waals surface area contributed by atoms with Crippen LogP contribution < -0.4 is 5.32 Å². The van der Waals surface area contributed by atoms with Gasteiger partial charge in [0.25, 0.3) is 0 Å². The zero-order valence-electron chi connectivity index (χ0n) is 14.3.